The number of nitrogens with one attached hydrogen (secondary N) is 2. The quantitative estimate of drug-likeness (QED) is 0.722. The fourth-order valence-electron chi connectivity index (χ4n) is 1.64. The van der Waals surface area contributed by atoms with E-state index in [1.807, 2.05) is 19.9 Å². The van der Waals surface area contributed by atoms with E-state index in [-0.39, 0.29) is 0 Å². The minimum Gasteiger partial charge on any atom is -0.317 e. The predicted molar refractivity (Wildman–Crippen MR) is 84.5 cm³/mol. The molecule has 0 radical (unpaired) electrons. The summed E-state index contributed by atoms with van der Waals surface area (Å²) in [5.74, 6) is 0. The molecular formula is C13H22ClN3O2S. The summed E-state index contributed by atoms with van der Waals surface area (Å²) in [6, 6.07) is 5.21. The second kappa shape index (κ2) is 7.83. The van der Waals surface area contributed by atoms with Gasteiger partial charge in [0.05, 0.1) is 10.7 Å². The molecule has 0 fully saturated rings. The third-order valence-electron chi connectivity index (χ3n) is 2.85. The van der Waals surface area contributed by atoms with Gasteiger partial charge in [-0.3, -0.25) is 4.72 Å². The van der Waals surface area contributed by atoms with Crippen LogP contribution in [-0.2, 0) is 10.2 Å². The van der Waals surface area contributed by atoms with Gasteiger partial charge in [-0.05, 0) is 44.1 Å². The largest absolute Gasteiger partial charge is 0.317 e. The molecule has 0 aromatic heterocycles. The summed E-state index contributed by atoms with van der Waals surface area (Å²) in [7, 11) is -2.01. The van der Waals surface area contributed by atoms with Crippen molar-refractivity contribution in [1.29, 1.82) is 0 Å². The van der Waals surface area contributed by atoms with Gasteiger partial charge in [0.25, 0.3) is 0 Å². The summed E-state index contributed by atoms with van der Waals surface area (Å²) in [5.41, 5.74) is 1.38. The van der Waals surface area contributed by atoms with Crippen LogP contribution in [0.3, 0.4) is 0 Å². The van der Waals surface area contributed by atoms with Gasteiger partial charge in [0, 0.05) is 13.6 Å². The molecule has 2 N–H and O–H groups in total. The summed E-state index contributed by atoms with van der Waals surface area (Å²) >= 11 is 6.03. The summed E-state index contributed by atoms with van der Waals surface area (Å²) < 4.78 is 28.1. The van der Waals surface area contributed by atoms with Crippen LogP contribution in [0.1, 0.15) is 18.9 Å². The maximum absolute atomic E-state index is 12.1. The molecule has 0 bridgehead atoms. The number of anilines is 1. The van der Waals surface area contributed by atoms with Crippen LogP contribution in [0.25, 0.3) is 0 Å². The molecule has 5 nitrogen and oxygen atoms in total. The highest BCUT2D eigenvalue weighted by atomic mass is 35.5. The highest BCUT2D eigenvalue weighted by Crippen LogP contribution is 2.24. The van der Waals surface area contributed by atoms with Gasteiger partial charge in [-0.25, -0.2) is 0 Å². The van der Waals surface area contributed by atoms with Crippen molar-refractivity contribution in [3.05, 3.63) is 28.8 Å². The highest BCUT2D eigenvalue weighted by Gasteiger charge is 2.18. The van der Waals surface area contributed by atoms with E-state index < -0.39 is 10.2 Å². The zero-order valence-electron chi connectivity index (χ0n) is 12.1. The number of hydrogen-bond acceptors (Lipinski definition) is 3. The van der Waals surface area contributed by atoms with Crippen LogP contribution < -0.4 is 10.0 Å². The Kier molecular flexibility index (Phi) is 6.75. The molecule has 0 aliphatic rings. The van der Waals surface area contributed by atoms with Gasteiger partial charge in [-0.1, -0.05) is 24.6 Å². The average molecular weight is 320 g/mol. The lowest BCUT2D eigenvalue weighted by atomic mass is 10.2. The zero-order valence-corrected chi connectivity index (χ0v) is 13.7. The Balaban J connectivity index is 2.64. The second-order valence-electron chi connectivity index (χ2n) is 4.62. The maximum Gasteiger partial charge on any atom is 0.301 e. The fraction of sp³-hybridized carbons (Fsp3) is 0.538. The Hall–Kier alpha value is -0.820. The van der Waals surface area contributed by atoms with Crippen molar-refractivity contribution in [3.63, 3.8) is 0 Å². The van der Waals surface area contributed by atoms with Gasteiger partial charge >= 0.3 is 10.2 Å². The first-order valence-corrected chi connectivity index (χ1v) is 8.39. The summed E-state index contributed by atoms with van der Waals surface area (Å²) in [5, 5.41) is 3.55. The fourth-order valence-corrected chi connectivity index (χ4v) is 2.96. The topological polar surface area (TPSA) is 61.4 Å². The van der Waals surface area contributed by atoms with Crippen molar-refractivity contribution in [2.45, 2.75) is 20.3 Å². The Morgan fingerprint density at radius 3 is 2.65 bits per heavy atom. The normalized spacial score (nSPS) is 11.8. The van der Waals surface area contributed by atoms with E-state index in [9.17, 15) is 8.42 Å². The third-order valence-corrected chi connectivity index (χ3v) is 4.64. The van der Waals surface area contributed by atoms with Crippen molar-refractivity contribution in [2.75, 3.05) is 31.4 Å². The van der Waals surface area contributed by atoms with Crippen molar-refractivity contribution >= 4 is 27.5 Å². The van der Waals surface area contributed by atoms with Gasteiger partial charge in [0.15, 0.2) is 0 Å². The number of halogens is 1. The van der Waals surface area contributed by atoms with Crippen molar-refractivity contribution in [1.82, 2.24) is 9.62 Å². The van der Waals surface area contributed by atoms with E-state index in [1.54, 1.807) is 19.2 Å². The lowest BCUT2D eigenvalue weighted by Gasteiger charge is -2.19. The molecule has 0 unspecified atom stereocenters. The predicted octanol–water partition coefficient (Wildman–Crippen LogP) is 2.24. The first kappa shape index (κ1) is 17.2. The summed E-state index contributed by atoms with van der Waals surface area (Å²) in [4.78, 5) is 0. The molecule has 0 saturated heterocycles. The molecule has 1 aromatic rings. The smallest absolute Gasteiger partial charge is 0.301 e. The molecule has 0 saturated carbocycles. The van der Waals surface area contributed by atoms with Crippen LogP contribution in [0.5, 0.6) is 0 Å². The van der Waals surface area contributed by atoms with E-state index in [1.165, 1.54) is 4.31 Å². The molecule has 0 atom stereocenters. The van der Waals surface area contributed by atoms with E-state index in [2.05, 4.69) is 10.0 Å². The number of nitrogens with zero attached hydrogens (tertiary/aromatic N) is 1. The molecule has 0 spiro atoms. The van der Waals surface area contributed by atoms with Crippen molar-refractivity contribution in [3.8, 4) is 0 Å². The van der Waals surface area contributed by atoms with Crippen LogP contribution in [-0.4, -0.2) is 39.4 Å². The lowest BCUT2D eigenvalue weighted by molar-refractivity contribution is 0.459. The lowest BCUT2D eigenvalue weighted by Crippen LogP contribution is -2.34. The molecular weight excluding hydrogens is 298 g/mol. The maximum atomic E-state index is 12.1. The van der Waals surface area contributed by atoms with E-state index in [4.69, 9.17) is 11.6 Å². The summed E-state index contributed by atoms with van der Waals surface area (Å²) in [6.07, 6.45) is 0.757. The molecule has 7 heteroatoms. The van der Waals surface area contributed by atoms with Gasteiger partial charge in [0.1, 0.15) is 0 Å². The molecule has 0 aliphatic heterocycles. The van der Waals surface area contributed by atoms with Crippen LogP contribution in [0, 0.1) is 6.92 Å². The number of benzene rings is 1. The first-order chi connectivity index (χ1) is 9.36. The van der Waals surface area contributed by atoms with Gasteiger partial charge in [-0.2, -0.15) is 12.7 Å². The Bertz CT molecular complexity index is 534. The highest BCUT2D eigenvalue weighted by molar-refractivity contribution is 7.90. The minimum absolute atomic E-state index is 0.398. The first-order valence-electron chi connectivity index (χ1n) is 6.57. The number of rotatable bonds is 8. The molecule has 20 heavy (non-hydrogen) atoms. The molecule has 1 aromatic carbocycles. The van der Waals surface area contributed by atoms with Crippen molar-refractivity contribution < 1.29 is 8.42 Å². The molecule has 0 aliphatic carbocycles. The molecule has 114 valence electrons. The zero-order chi connectivity index (χ0) is 15.2. The molecule has 0 amide bonds. The van der Waals surface area contributed by atoms with Gasteiger partial charge < -0.3 is 5.32 Å². The monoisotopic (exact) mass is 319 g/mol. The average Bonchev–Trinajstić information content (AvgIpc) is 2.37. The number of aryl methyl sites for hydroxylation is 1. The third kappa shape index (κ3) is 5.28. The van der Waals surface area contributed by atoms with Crippen LogP contribution in [0.2, 0.25) is 5.02 Å². The Morgan fingerprint density at radius 1 is 1.35 bits per heavy atom. The van der Waals surface area contributed by atoms with E-state index >= 15 is 0 Å². The molecule has 0 heterocycles. The summed E-state index contributed by atoms with van der Waals surface area (Å²) in [6.45, 7) is 6.04. The Morgan fingerprint density at radius 2 is 2.05 bits per heavy atom. The molecule has 1 rings (SSSR count). The second-order valence-corrected chi connectivity index (χ2v) is 6.80. The van der Waals surface area contributed by atoms with Gasteiger partial charge in [-0.15, -0.1) is 0 Å². The van der Waals surface area contributed by atoms with E-state index in [0.717, 1.165) is 25.1 Å². The number of hydrogen-bond donors (Lipinski definition) is 2. The van der Waals surface area contributed by atoms with Crippen LogP contribution in [0.4, 0.5) is 5.69 Å². The van der Waals surface area contributed by atoms with Gasteiger partial charge in [0.2, 0.25) is 0 Å². The standard InChI is InChI=1S/C13H22ClN3O2S/c1-4-15-8-5-9-17(3)20(18,19)16-13-7-6-11(2)10-12(13)14/h6-7,10,15-16H,4-5,8-9H2,1-3H3. The van der Waals surface area contributed by atoms with Crippen molar-refractivity contribution in [2.24, 2.45) is 0 Å². The van der Waals surface area contributed by atoms with Crippen LogP contribution >= 0.6 is 11.6 Å². The van der Waals surface area contributed by atoms with E-state index in [0.29, 0.717) is 17.3 Å². The minimum atomic E-state index is -3.56. The Labute approximate surface area is 126 Å². The van der Waals surface area contributed by atoms with Crippen LogP contribution in [0.15, 0.2) is 18.2 Å². The SMILES string of the molecule is CCNCCCN(C)S(=O)(=O)Nc1ccc(C)cc1Cl.